The standard InChI is InChI=1S/C19H32BNO2Si/c1-12(2)18-16(11-21)9-10-17(20(22)23)19(18)24(13(3)4,14(5)6)15(7)8/h9-10,12-15,22-23H,1-8H3. The number of rotatable bonds is 6. The first-order valence-electron chi connectivity index (χ1n) is 8.96. The van der Waals surface area contributed by atoms with E-state index in [0.29, 0.717) is 27.6 Å². The van der Waals surface area contributed by atoms with E-state index in [9.17, 15) is 15.3 Å². The third-order valence-corrected chi connectivity index (χ3v) is 12.7. The van der Waals surface area contributed by atoms with Crippen molar-refractivity contribution >= 4 is 25.8 Å². The first kappa shape index (κ1) is 21.0. The van der Waals surface area contributed by atoms with E-state index in [2.05, 4.69) is 61.5 Å². The zero-order valence-electron chi connectivity index (χ0n) is 16.4. The number of hydrogen-bond acceptors (Lipinski definition) is 3. The summed E-state index contributed by atoms with van der Waals surface area (Å²) in [6.07, 6.45) is 0. The predicted molar refractivity (Wildman–Crippen MR) is 106 cm³/mol. The van der Waals surface area contributed by atoms with E-state index in [1.807, 2.05) is 0 Å². The normalized spacial score (nSPS) is 12.4. The molecule has 0 radical (unpaired) electrons. The molecule has 0 aliphatic rings. The fraction of sp³-hybridized carbons (Fsp3) is 0.632. The number of nitriles is 1. The molecule has 2 N–H and O–H groups in total. The highest BCUT2D eigenvalue weighted by atomic mass is 28.3. The van der Waals surface area contributed by atoms with Gasteiger partial charge < -0.3 is 10.0 Å². The number of benzene rings is 1. The van der Waals surface area contributed by atoms with Crippen molar-refractivity contribution in [2.24, 2.45) is 0 Å². The molecule has 0 aromatic heterocycles. The van der Waals surface area contributed by atoms with E-state index in [-0.39, 0.29) is 5.92 Å². The summed E-state index contributed by atoms with van der Waals surface area (Å²) < 4.78 is 0. The molecule has 0 saturated heterocycles. The second kappa shape index (κ2) is 7.86. The lowest BCUT2D eigenvalue weighted by molar-refractivity contribution is 0.426. The largest absolute Gasteiger partial charge is 0.488 e. The summed E-state index contributed by atoms with van der Waals surface area (Å²) in [6, 6.07) is 5.82. The van der Waals surface area contributed by atoms with Crippen LogP contribution in [0.4, 0.5) is 0 Å². The van der Waals surface area contributed by atoms with E-state index >= 15 is 0 Å². The van der Waals surface area contributed by atoms with Gasteiger partial charge in [-0.25, -0.2) is 0 Å². The zero-order chi connectivity index (χ0) is 18.8. The maximum Gasteiger partial charge on any atom is 0.488 e. The second-order valence-corrected chi connectivity index (χ2v) is 13.9. The molecular formula is C19H32BNO2Si. The third kappa shape index (κ3) is 3.33. The van der Waals surface area contributed by atoms with Crippen LogP contribution in [-0.2, 0) is 0 Å². The van der Waals surface area contributed by atoms with Crippen molar-refractivity contribution in [2.45, 2.75) is 77.9 Å². The molecule has 5 heteroatoms. The van der Waals surface area contributed by atoms with Crippen molar-refractivity contribution in [1.82, 2.24) is 0 Å². The fourth-order valence-electron chi connectivity index (χ4n) is 4.90. The zero-order valence-corrected chi connectivity index (χ0v) is 17.4. The Morgan fingerprint density at radius 2 is 1.38 bits per heavy atom. The molecule has 0 unspecified atom stereocenters. The van der Waals surface area contributed by atoms with Gasteiger partial charge in [-0.15, -0.1) is 0 Å². The average Bonchev–Trinajstić information content (AvgIpc) is 2.45. The smallest absolute Gasteiger partial charge is 0.423 e. The van der Waals surface area contributed by atoms with Crippen LogP contribution in [0.25, 0.3) is 0 Å². The van der Waals surface area contributed by atoms with Gasteiger partial charge >= 0.3 is 7.12 Å². The Morgan fingerprint density at radius 1 is 0.917 bits per heavy atom. The SMILES string of the molecule is CC(C)c1c(C#N)ccc(B(O)O)c1[Si](C(C)C)(C(C)C)C(C)C. The Bertz CT molecular complexity index is 597. The van der Waals surface area contributed by atoms with Crippen molar-refractivity contribution in [3.8, 4) is 6.07 Å². The Kier molecular flexibility index (Phi) is 6.86. The lowest BCUT2D eigenvalue weighted by Crippen LogP contribution is -2.64. The molecule has 0 amide bonds. The van der Waals surface area contributed by atoms with Crippen molar-refractivity contribution in [1.29, 1.82) is 5.26 Å². The molecule has 0 bridgehead atoms. The van der Waals surface area contributed by atoms with Gasteiger partial charge in [-0.2, -0.15) is 5.26 Å². The van der Waals surface area contributed by atoms with E-state index in [0.717, 1.165) is 10.8 Å². The summed E-state index contributed by atoms with van der Waals surface area (Å²) in [4.78, 5) is 0. The van der Waals surface area contributed by atoms with Gasteiger partial charge in [0.25, 0.3) is 0 Å². The predicted octanol–water partition coefficient (Wildman–Crippen LogP) is 3.25. The summed E-state index contributed by atoms with van der Waals surface area (Å²) in [5.41, 5.74) is 3.58. The summed E-state index contributed by atoms with van der Waals surface area (Å²) in [5, 5.41) is 30.9. The quantitative estimate of drug-likeness (QED) is 0.778. The molecule has 0 spiro atoms. The molecule has 132 valence electrons. The highest BCUT2D eigenvalue weighted by Crippen LogP contribution is 2.42. The molecule has 1 aromatic rings. The molecule has 1 rings (SSSR count). The van der Waals surface area contributed by atoms with E-state index < -0.39 is 15.2 Å². The van der Waals surface area contributed by atoms with Gasteiger partial charge in [-0.05, 0) is 39.6 Å². The molecule has 0 heterocycles. The Morgan fingerprint density at radius 3 is 1.67 bits per heavy atom. The van der Waals surface area contributed by atoms with E-state index in [1.165, 1.54) is 0 Å². The molecule has 0 aliphatic carbocycles. The van der Waals surface area contributed by atoms with Crippen LogP contribution in [0, 0.1) is 11.3 Å². The Balaban J connectivity index is 4.11. The van der Waals surface area contributed by atoms with Crippen molar-refractivity contribution in [3.63, 3.8) is 0 Å². The van der Waals surface area contributed by atoms with Crippen LogP contribution in [0.2, 0.25) is 16.6 Å². The van der Waals surface area contributed by atoms with Crippen molar-refractivity contribution in [3.05, 3.63) is 23.3 Å². The van der Waals surface area contributed by atoms with Crippen LogP contribution >= 0.6 is 0 Å². The topological polar surface area (TPSA) is 64.2 Å². The molecule has 0 atom stereocenters. The lowest BCUT2D eigenvalue weighted by Gasteiger charge is -2.46. The molecule has 3 nitrogen and oxygen atoms in total. The van der Waals surface area contributed by atoms with Crippen LogP contribution in [-0.4, -0.2) is 25.2 Å². The third-order valence-electron chi connectivity index (χ3n) is 5.55. The van der Waals surface area contributed by atoms with Crippen LogP contribution < -0.4 is 10.6 Å². The molecule has 0 aliphatic heterocycles. The highest BCUT2D eigenvalue weighted by molar-refractivity contribution is 6.98. The van der Waals surface area contributed by atoms with Crippen LogP contribution in [0.1, 0.15) is 72.4 Å². The van der Waals surface area contributed by atoms with Crippen LogP contribution in [0.15, 0.2) is 12.1 Å². The van der Waals surface area contributed by atoms with Crippen LogP contribution in [0.3, 0.4) is 0 Å². The number of nitrogens with zero attached hydrogens (tertiary/aromatic N) is 1. The van der Waals surface area contributed by atoms with Gasteiger partial charge in [0.05, 0.1) is 19.7 Å². The monoisotopic (exact) mass is 345 g/mol. The molecule has 1 aromatic carbocycles. The van der Waals surface area contributed by atoms with E-state index in [4.69, 9.17) is 0 Å². The van der Waals surface area contributed by atoms with Gasteiger partial charge in [0, 0.05) is 0 Å². The maximum atomic E-state index is 10.1. The minimum Gasteiger partial charge on any atom is -0.423 e. The summed E-state index contributed by atoms with van der Waals surface area (Å²) in [6.45, 7) is 17.7. The first-order valence-corrected chi connectivity index (χ1v) is 11.2. The second-order valence-electron chi connectivity index (χ2n) is 8.03. The van der Waals surface area contributed by atoms with Gasteiger partial charge in [0.2, 0.25) is 0 Å². The Labute approximate surface area is 148 Å². The van der Waals surface area contributed by atoms with Crippen molar-refractivity contribution in [2.75, 3.05) is 0 Å². The minimum absolute atomic E-state index is 0.163. The molecular weight excluding hydrogens is 313 g/mol. The average molecular weight is 345 g/mol. The first-order chi connectivity index (χ1) is 11.0. The molecule has 0 fully saturated rings. The summed E-state index contributed by atoms with van der Waals surface area (Å²) in [7, 11) is -3.64. The fourth-order valence-corrected chi connectivity index (χ4v) is 12.2. The van der Waals surface area contributed by atoms with Gasteiger partial charge in [-0.1, -0.05) is 66.6 Å². The Hall–Kier alpha value is -1.09. The van der Waals surface area contributed by atoms with Crippen LogP contribution in [0.5, 0.6) is 0 Å². The van der Waals surface area contributed by atoms with Gasteiger partial charge in [0.1, 0.15) is 0 Å². The maximum absolute atomic E-state index is 10.1. The molecule has 0 saturated carbocycles. The van der Waals surface area contributed by atoms with Crippen molar-refractivity contribution < 1.29 is 10.0 Å². The van der Waals surface area contributed by atoms with Gasteiger partial charge in [-0.3, -0.25) is 0 Å². The lowest BCUT2D eigenvalue weighted by atomic mass is 9.77. The van der Waals surface area contributed by atoms with Gasteiger partial charge in [0.15, 0.2) is 0 Å². The highest BCUT2D eigenvalue weighted by Gasteiger charge is 2.48. The van der Waals surface area contributed by atoms with E-state index in [1.54, 1.807) is 12.1 Å². The summed E-state index contributed by atoms with van der Waals surface area (Å²) >= 11 is 0. The minimum atomic E-state index is -2.14. The number of hydrogen-bond donors (Lipinski definition) is 2. The molecule has 24 heavy (non-hydrogen) atoms. The summed E-state index contributed by atoms with van der Waals surface area (Å²) in [5.74, 6) is 0.163.